The molecule has 2 saturated heterocycles. The molecule has 0 atom stereocenters. The molecule has 0 aromatic heterocycles. The monoisotopic (exact) mass is 241 g/mol. The van der Waals surface area contributed by atoms with Crippen LogP contribution in [-0.2, 0) is 4.74 Å². The van der Waals surface area contributed by atoms with Gasteiger partial charge in [0.1, 0.15) is 0 Å². The molecule has 2 heterocycles. The fourth-order valence-corrected chi connectivity index (χ4v) is 2.59. The first-order valence-electron chi connectivity index (χ1n) is 6.61. The van der Waals surface area contributed by atoms with Gasteiger partial charge in [0.2, 0.25) is 0 Å². The van der Waals surface area contributed by atoms with Gasteiger partial charge < -0.3 is 20.7 Å². The van der Waals surface area contributed by atoms with Crippen molar-refractivity contribution in [1.29, 1.82) is 0 Å². The normalized spacial score (nSPS) is 23.9. The Kier molecular flexibility index (Phi) is 4.62. The summed E-state index contributed by atoms with van der Waals surface area (Å²) in [5, 5.41) is 3.62. The van der Waals surface area contributed by atoms with Crippen molar-refractivity contribution in [2.75, 3.05) is 32.8 Å². The minimum Gasteiger partial charge on any atom is -0.381 e. The number of hydrogen-bond acceptors (Lipinski definition) is 3. The molecule has 3 N–H and O–H groups in total. The van der Waals surface area contributed by atoms with Gasteiger partial charge in [-0.05, 0) is 38.1 Å². The highest BCUT2D eigenvalue weighted by Crippen LogP contribution is 2.15. The molecular formula is C12H23N3O2. The van der Waals surface area contributed by atoms with Crippen LogP contribution in [0.15, 0.2) is 0 Å². The lowest BCUT2D eigenvalue weighted by molar-refractivity contribution is 0.0645. The zero-order chi connectivity index (χ0) is 12.1. The number of likely N-dealkylation sites (tertiary alicyclic amines) is 1. The first kappa shape index (κ1) is 12.6. The Morgan fingerprint density at radius 2 is 1.88 bits per heavy atom. The molecule has 0 unspecified atom stereocenters. The van der Waals surface area contributed by atoms with Crippen LogP contribution in [0.4, 0.5) is 4.79 Å². The second-order valence-corrected chi connectivity index (χ2v) is 5.06. The molecule has 98 valence electrons. The van der Waals surface area contributed by atoms with Crippen molar-refractivity contribution >= 4 is 6.03 Å². The molecule has 0 spiro atoms. The molecular weight excluding hydrogens is 218 g/mol. The number of urea groups is 1. The molecule has 2 amide bonds. The predicted molar refractivity (Wildman–Crippen MR) is 65.7 cm³/mol. The minimum atomic E-state index is -0.284. The molecule has 5 nitrogen and oxygen atoms in total. The summed E-state index contributed by atoms with van der Waals surface area (Å²) >= 11 is 0. The third-order valence-electron chi connectivity index (χ3n) is 3.84. The summed E-state index contributed by atoms with van der Waals surface area (Å²) < 4.78 is 5.35. The van der Waals surface area contributed by atoms with Gasteiger partial charge in [-0.2, -0.15) is 0 Å². The number of nitrogens with zero attached hydrogens (tertiary/aromatic N) is 1. The molecule has 0 aromatic rings. The summed E-state index contributed by atoms with van der Waals surface area (Å²) in [6.07, 6.45) is 4.39. The van der Waals surface area contributed by atoms with Crippen LogP contribution in [0.3, 0.4) is 0 Å². The Labute approximate surface area is 103 Å². The van der Waals surface area contributed by atoms with Gasteiger partial charge in [0.05, 0.1) is 0 Å². The van der Waals surface area contributed by atoms with Crippen LogP contribution < -0.4 is 11.1 Å². The Balaban J connectivity index is 1.62. The van der Waals surface area contributed by atoms with Crippen molar-refractivity contribution in [1.82, 2.24) is 10.2 Å². The SMILES string of the molecule is NC(=O)N1CCC(NCC2CCOCC2)CC1. The van der Waals surface area contributed by atoms with E-state index in [9.17, 15) is 4.79 Å². The van der Waals surface area contributed by atoms with Gasteiger partial charge in [-0.1, -0.05) is 0 Å². The van der Waals surface area contributed by atoms with E-state index in [2.05, 4.69) is 5.32 Å². The minimum absolute atomic E-state index is 0.284. The van der Waals surface area contributed by atoms with Crippen molar-refractivity contribution in [3.05, 3.63) is 0 Å². The van der Waals surface area contributed by atoms with E-state index < -0.39 is 0 Å². The number of piperidine rings is 1. The largest absolute Gasteiger partial charge is 0.381 e. The highest BCUT2D eigenvalue weighted by atomic mass is 16.5. The zero-order valence-electron chi connectivity index (χ0n) is 10.4. The van der Waals surface area contributed by atoms with Crippen LogP contribution in [0.2, 0.25) is 0 Å². The molecule has 0 aromatic carbocycles. The van der Waals surface area contributed by atoms with Gasteiger partial charge in [-0.25, -0.2) is 4.79 Å². The average molecular weight is 241 g/mol. The summed E-state index contributed by atoms with van der Waals surface area (Å²) in [5.74, 6) is 0.762. The van der Waals surface area contributed by atoms with Gasteiger partial charge in [0.25, 0.3) is 0 Å². The highest BCUT2D eigenvalue weighted by Gasteiger charge is 2.22. The fourth-order valence-electron chi connectivity index (χ4n) is 2.59. The van der Waals surface area contributed by atoms with Gasteiger partial charge in [0.15, 0.2) is 0 Å². The number of nitrogens with two attached hydrogens (primary N) is 1. The highest BCUT2D eigenvalue weighted by molar-refractivity contribution is 5.72. The predicted octanol–water partition coefficient (Wildman–Crippen LogP) is 0.546. The number of amides is 2. The van der Waals surface area contributed by atoms with Crippen LogP contribution in [-0.4, -0.2) is 49.8 Å². The van der Waals surface area contributed by atoms with Gasteiger partial charge in [-0.15, -0.1) is 0 Å². The molecule has 2 rings (SSSR count). The van der Waals surface area contributed by atoms with E-state index in [1.54, 1.807) is 4.90 Å². The summed E-state index contributed by atoms with van der Waals surface area (Å²) in [6.45, 7) is 4.49. The maximum atomic E-state index is 11.0. The summed E-state index contributed by atoms with van der Waals surface area (Å²) in [6, 6.07) is 0.265. The number of primary amides is 1. The lowest BCUT2D eigenvalue weighted by Gasteiger charge is -2.32. The number of rotatable bonds is 3. The van der Waals surface area contributed by atoms with Crippen molar-refractivity contribution in [3.8, 4) is 0 Å². The standard InChI is InChI=1S/C12H23N3O2/c13-12(16)15-5-1-11(2-6-15)14-9-10-3-7-17-8-4-10/h10-11,14H,1-9H2,(H2,13,16). The van der Waals surface area contributed by atoms with E-state index in [0.717, 1.165) is 51.6 Å². The van der Waals surface area contributed by atoms with Gasteiger partial charge in [-0.3, -0.25) is 0 Å². The fraction of sp³-hybridized carbons (Fsp3) is 0.917. The second kappa shape index (κ2) is 6.21. The number of hydrogen-bond donors (Lipinski definition) is 2. The van der Waals surface area contributed by atoms with E-state index in [0.29, 0.717) is 6.04 Å². The Bertz CT molecular complexity index is 246. The number of nitrogens with one attached hydrogen (secondary N) is 1. The molecule has 0 aliphatic carbocycles. The maximum Gasteiger partial charge on any atom is 0.314 e. The molecule has 2 aliphatic heterocycles. The van der Waals surface area contributed by atoms with E-state index in [4.69, 9.17) is 10.5 Å². The van der Waals surface area contributed by atoms with Crippen molar-refractivity contribution in [2.45, 2.75) is 31.7 Å². The Morgan fingerprint density at radius 3 is 2.47 bits per heavy atom. The molecule has 0 bridgehead atoms. The summed E-state index contributed by atoms with van der Waals surface area (Å²) in [7, 11) is 0. The zero-order valence-corrected chi connectivity index (χ0v) is 10.4. The second-order valence-electron chi connectivity index (χ2n) is 5.06. The summed E-state index contributed by atoms with van der Waals surface area (Å²) in [5.41, 5.74) is 5.26. The lowest BCUT2D eigenvalue weighted by atomic mass is 9.98. The molecule has 2 aliphatic rings. The van der Waals surface area contributed by atoms with Crippen molar-refractivity contribution in [3.63, 3.8) is 0 Å². The van der Waals surface area contributed by atoms with Crippen molar-refractivity contribution in [2.24, 2.45) is 11.7 Å². The topological polar surface area (TPSA) is 67.6 Å². The van der Waals surface area contributed by atoms with Crippen LogP contribution in [0.25, 0.3) is 0 Å². The average Bonchev–Trinajstić information content (AvgIpc) is 2.38. The van der Waals surface area contributed by atoms with Gasteiger partial charge in [0, 0.05) is 32.3 Å². The lowest BCUT2D eigenvalue weighted by Crippen LogP contribution is -2.47. The first-order valence-corrected chi connectivity index (χ1v) is 6.61. The number of ether oxygens (including phenoxy) is 1. The quantitative estimate of drug-likeness (QED) is 0.758. The maximum absolute atomic E-state index is 11.0. The van der Waals surface area contributed by atoms with Crippen molar-refractivity contribution < 1.29 is 9.53 Å². The Hall–Kier alpha value is -0.810. The van der Waals surface area contributed by atoms with Gasteiger partial charge >= 0.3 is 6.03 Å². The molecule has 0 radical (unpaired) electrons. The van der Waals surface area contributed by atoms with Crippen LogP contribution >= 0.6 is 0 Å². The van der Waals surface area contributed by atoms with E-state index in [1.807, 2.05) is 0 Å². The Morgan fingerprint density at radius 1 is 1.24 bits per heavy atom. The third-order valence-corrected chi connectivity index (χ3v) is 3.84. The smallest absolute Gasteiger partial charge is 0.314 e. The van der Waals surface area contributed by atoms with Crippen LogP contribution in [0.5, 0.6) is 0 Å². The van der Waals surface area contributed by atoms with E-state index >= 15 is 0 Å². The molecule has 17 heavy (non-hydrogen) atoms. The summed E-state index contributed by atoms with van der Waals surface area (Å²) in [4.78, 5) is 12.7. The van der Waals surface area contributed by atoms with Crippen LogP contribution in [0, 0.1) is 5.92 Å². The third kappa shape index (κ3) is 3.85. The molecule has 5 heteroatoms. The first-order chi connectivity index (χ1) is 8.25. The van der Waals surface area contributed by atoms with E-state index in [1.165, 1.54) is 12.8 Å². The molecule has 2 fully saturated rings. The van der Waals surface area contributed by atoms with E-state index in [-0.39, 0.29) is 6.03 Å². The van der Waals surface area contributed by atoms with Crippen LogP contribution in [0.1, 0.15) is 25.7 Å². The number of carbonyl (C=O) groups is 1. The molecule has 0 saturated carbocycles. The number of carbonyl (C=O) groups excluding carboxylic acids is 1.